The molecular formula is C21H29F3N6. The number of nitrogen functional groups attached to an aromatic ring is 1. The molecule has 1 fully saturated rings. The fourth-order valence-corrected chi connectivity index (χ4v) is 3.62. The summed E-state index contributed by atoms with van der Waals surface area (Å²) < 4.78 is 39.6. The molecule has 1 saturated heterocycles. The molecule has 1 atom stereocenters. The molecule has 0 unspecified atom stereocenters. The van der Waals surface area contributed by atoms with Gasteiger partial charge in [0.2, 0.25) is 5.95 Å². The number of hydrogen-bond acceptors (Lipinski definition) is 6. The van der Waals surface area contributed by atoms with Crippen LogP contribution in [0, 0.1) is 0 Å². The third kappa shape index (κ3) is 5.53. The summed E-state index contributed by atoms with van der Waals surface area (Å²) in [5, 5.41) is 6.26. The Morgan fingerprint density at radius 3 is 2.73 bits per heavy atom. The van der Waals surface area contributed by atoms with Crippen molar-refractivity contribution in [1.29, 1.82) is 0 Å². The van der Waals surface area contributed by atoms with Crippen molar-refractivity contribution >= 4 is 23.1 Å². The Balaban J connectivity index is 1.90. The van der Waals surface area contributed by atoms with Gasteiger partial charge in [-0.2, -0.15) is 18.2 Å². The van der Waals surface area contributed by atoms with Crippen molar-refractivity contribution in [2.45, 2.75) is 51.2 Å². The van der Waals surface area contributed by atoms with Gasteiger partial charge in [0, 0.05) is 42.3 Å². The second-order valence-electron chi connectivity index (χ2n) is 7.64. The second-order valence-corrected chi connectivity index (χ2v) is 7.64. The van der Waals surface area contributed by atoms with Gasteiger partial charge >= 0.3 is 6.18 Å². The van der Waals surface area contributed by atoms with Crippen molar-refractivity contribution in [1.82, 2.24) is 15.3 Å². The number of rotatable bonds is 7. The molecule has 4 N–H and O–H groups in total. The van der Waals surface area contributed by atoms with Gasteiger partial charge in [0.25, 0.3) is 0 Å². The van der Waals surface area contributed by atoms with Gasteiger partial charge in [-0.05, 0) is 50.9 Å². The summed E-state index contributed by atoms with van der Waals surface area (Å²) in [4.78, 5) is 11.3. The number of piperidine rings is 1. The maximum absolute atomic E-state index is 13.2. The number of alkyl halides is 3. The van der Waals surface area contributed by atoms with Gasteiger partial charge in [-0.3, -0.25) is 0 Å². The lowest BCUT2D eigenvalue weighted by Crippen LogP contribution is -2.44. The normalized spacial score (nSPS) is 17.2. The second kappa shape index (κ2) is 9.51. The molecule has 1 aliphatic rings. The number of aryl methyl sites for hydroxylation is 1. The van der Waals surface area contributed by atoms with Gasteiger partial charge in [-0.25, -0.2) is 4.98 Å². The maximum atomic E-state index is 13.2. The molecular weight excluding hydrogens is 393 g/mol. The fraction of sp³-hybridized carbons (Fsp3) is 0.524. The van der Waals surface area contributed by atoms with Crippen LogP contribution < -0.4 is 21.3 Å². The Labute approximate surface area is 175 Å². The van der Waals surface area contributed by atoms with E-state index in [4.69, 9.17) is 5.73 Å². The van der Waals surface area contributed by atoms with E-state index in [2.05, 4.69) is 32.4 Å². The molecule has 0 amide bonds. The van der Waals surface area contributed by atoms with Crippen molar-refractivity contribution in [3.8, 4) is 0 Å². The number of aromatic nitrogens is 2. The minimum Gasteiger partial charge on any atom is -0.398 e. The first-order valence-corrected chi connectivity index (χ1v) is 10.3. The van der Waals surface area contributed by atoms with Gasteiger partial charge in [-0.1, -0.05) is 13.3 Å². The average Bonchev–Trinajstić information content (AvgIpc) is 2.72. The summed E-state index contributed by atoms with van der Waals surface area (Å²) in [6.07, 6.45) is 0.439. The molecule has 2 aromatic rings. The maximum Gasteiger partial charge on any atom is 0.418 e. The van der Waals surface area contributed by atoms with Gasteiger partial charge in [0.1, 0.15) is 5.82 Å². The highest BCUT2D eigenvalue weighted by atomic mass is 19.4. The SMILES string of the molecule is CCCCc1cc(N2CCC[C@@H](NC)C2)nc(Nc2ccc(N)c(C(F)(F)F)c2)n1. The van der Waals surface area contributed by atoms with E-state index in [0.717, 1.165) is 62.8 Å². The minimum absolute atomic E-state index is 0.252. The monoisotopic (exact) mass is 422 g/mol. The number of nitrogens with zero attached hydrogens (tertiary/aromatic N) is 3. The van der Waals surface area contributed by atoms with E-state index in [1.807, 2.05) is 13.1 Å². The predicted octanol–water partition coefficient (Wildman–Crippen LogP) is 4.35. The molecule has 1 aliphatic heterocycles. The third-order valence-corrected chi connectivity index (χ3v) is 5.32. The number of likely N-dealkylation sites (N-methyl/N-ethyl adjacent to an activating group) is 1. The van der Waals surface area contributed by atoms with Crippen LogP contribution in [0.3, 0.4) is 0 Å². The number of hydrogen-bond donors (Lipinski definition) is 3. The molecule has 3 rings (SSSR count). The van der Waals surface area contributed by atoms with E-state index in [1.165, 1.54) is 12.1 Å². The number of unbranched alkanes of at least 4 members (excludes halogenated alkanes) is 1. The Morgan fingerprint density at radius 1 is 1.23 bits per heavy atom. The number of nitrogens with one attached hydrogen (secondary N) is 2. The summed E-state index contributed by atoms with van der Waals surface area (Å²) in [6.45, 7) is 3.83. The zero-order valence-electron chi connectivity index (χ0n) is 17.4. The zero-order valence-corrected chi connectivity index (χ0v) is 17.4. The largest absolute Gasteiger partial charge is 0.418 e. The summed E-state index contributed by atoms with van der Waals surface area (Å²) in [5.74, 6) is 1.09. The van der Waals surface area contributed by atoms with Crippen molar-refractivity contribution in [2.24, 2.45) is 0 Å². The fourth-order valence-electron chi connectivity index (χ4n) is 3.62. The molecule has 2 heterocycles. The van der Waals surface area contributed by atoms with E-state index in [9.17, 15) is 13.2 Å². The molecule has 6 nitrogen and oxygen atoms in total. The predicted molar refractivity (Wildman–Crippen MR) is 114 cm³/mol. The Kier molecular flexibility index (Phi) is 7.02. The lowest BCUT2D eigenvalue weighted by Gasteiger charge is -2.33. The van der Waals surface area contributed by atoms with E-state index in [0.29, 0.717) is 12.0 Å². The van der Waals surface area contributed by atoms with E-state index in [-0.39, 0.29) is 11.4 Å². The van der Waals surface area contributed by atoms with Crippen molar-refractivity contribution in [2.75, 3.05) is 36.1 Å². The topological polar surface area (TPSA) is 79.1 Å². The molecule has 164 valence electrons. The van der Waals surface area contributed by atoms with E-state index in [1.54, 1.807) is 0 Å². The van der Waals surface area contributed by atoms with Gasteiger partial charge < -0.3 is 21.3 Å². The van der Waals surface area contributed by atoms with Crippen LogP contribution in [0.25, 0.3) is 0 Å². The Bertz CT molecular complexity index is 855. The number of halogens is 3. The third-order valence-electron chi connectivity index (χ3n) is 5.32. The Hall–Kier alpha value is -2.55. The van der Waals surface area contributed by atoms with Crippen LogP contribution in [0.4, 0.5) is 36.3 Å². The molecule has 0 aliphatic carbocycles. The number of nitrogens with two attached hydrogens (primary N) is 1. The molecule has 9 heteroatoms. The molecule has 1 aromatic heterocycles. The summed E-state index contributed by atoms with van der Waals surface area (Å²) in [7, 11) is 1.95. The van der Waals surface area contributed by atoms with Crippen molar-refractivity contribution in [3.05, 3.63) is 35.5 Å². The van der Waals surface area contributed by atoms with Crippen LogP contribution in [0.2, 0.25) is 0 Å². The number of anilines is 4. The Morgan fingerprint density at radius 2 is 2.03 bits per heavy atom. The van der Waals surface area contributed by atoms with Gasteiger partial charge in [-0.15, -0.1) is 0 Å². The summed E-state index contributed by atoms with van der Waals surface area (Å²) in [6, 6.07) is 6.12. The molecule has 0 spiro atoms. The molecule has 30 heavy (non-hydrogen) atoms. The van der Waals surface area contributed by atoms with Crippen LogP contribution in [0.15, 0.2) is 24.3 Å². The van der Waals surface area contributed by atoms with Crippen molar-refractivity contribution in [3.63, 3.8) is 0 Å². The highest BCUT2D eigenvalue weighted by Crippen LogP contribution is 2.35. The van der Waals surface area contributed by atoms with Gasteiger partial charge in [0.05, 0.1) is 5.56 Å². The zero-order chi connectivity index (χ0) is 21.7. The quantitative estimate of drug-likeness (QED) is 0.576. The van der Waals surface area contributed by atoms with Crippen LogP contribution >= 0.6 is 0 Å². The summed E-state index contributed by atoms with van der Waals surface area (Å²) >= 11 is 0. The molecule has 0 bridgehead atoms. The number of benzene rings is 1. The van der Waals surface area contributed by atoms with Crippen molar-refractivity contribution < 1.29 is 13.2 Å². The molecule has 0 saturated carbocycles. The van der Waals surface area contributed by atoms with E-state index < -0.39 is 11.7 Å². The summed E-state index contributed by atoms with van der Waals surface area (Å²) in [5.41, 5.74) is 5.45. The van der Waals surface area contributed by atoms with Crippen LogP contribution in [-0.2, 0) is 12.6 Å². The van der Waals surface area contributed by atoms with Gasteiger partial charge in [0.15, 0.2) is 0 Å². The van der Waals surface area contributed by atoms with Crippen LogP contribution in [-0.4, -0.2) is 36.1 Å². The first-order valence-electron chi connectivity index (χ1n) is 10.3. The average molecular weight is 422 g/mol. The molecule has 1 aromatic carbocycles. The molecule has 0 radical (unpaired) electrons. The lowest BCUT2D eigenvalue weighted by atomic mass is 10.1. The highest BCUT2D eigenvalue weighted by Gasteiger charge is 2.33. The highest BCUT2D eigenvalue weighted by molar-refractivity contribution is 5.63. The van der Waals surface area contributed by atoms with Crippen LogP contribution in [0.1, 0.15) is 43.9 Å². The first kappa shape index (κ1) is 22.1. The van der Waals surface area contributed by atoms with Crippen LogP contribution in [0.5, 0.6) is 0 Å². The minimum atomic E-state index is -4.52. The first-order chi connectivity index (χ1) is 14.3. The lowest BCUT2D eigenvalue weighted by molar-refractivity contribution is -0.136. The smallest absolute Gasteiger partial charge is 0.398 e. The standard InChI is InChI=1S/C21H29F3N6/c1-3-4-6-14-12-19(30-10-5-7-16(13-30)26-2)29-20(27-14)28-15-8-9-18(25)17(11-15)21(22,23)24/h8-9,11-12,16,26H,3-7,10,13,25H2,1-2H3,(H,27,28,29)/t16-/m1/s1. The van der Waals surface area contributed by atoms with E-state index >= 15 is 0 Å².